The molecule has 2 N–H and O–H groups in total. The Balaban J connectivity index is 1.92. The molecule has 1 fully saturated rings. The van der Waals surface area contributed by atoms with E-state index in [1.54, 1.807) is 6.07 Å². The van der Waals surface area contributed by atoms with Crippen LogP contribution in [-0.4, -0.2) is 43.0 Å². The smallest absolute Gasteiger partial charge is 0.340 e. The number of carbonyl (C=O) groups excluding carboxylic acids is 1. The number of benzene rings is 1. The lowest BCUT2D eigenvalue weighted by Gasteiger charge is -2.26. The molecule has 0 radical (unpaired) electrons. The van der Waals surface area contributed by atoms with Crippen molar-refractivity contribution < 1.29 is 23.8 Å². The van der Waals surface area contributed by atoms with Crippen LogP contribution in [0.15, 0.2) is 18.2 Å². The quantitative estimate of drug-likeness (QED) is 0.801. The molecule has 1 aliphatic rings. The molecule has 1 aliphatic heterocycles. The summed E-state index contributed by atoms with van der Waals surface area (Å²) >= 11 is 0. The zero-order valence-electron chi connectivity index (χ0n) is 12.2. The summed E-state index contributed by atoms with van der Waals surface area (Å²) < 4.78 is 23.6. The van der Waals surface area contributed by atoms with Gasteiger partial charge in [-0.15, -0.1) is 0 Å². The number of aliphatic hydroxyl groups is 1. The molecule has 1 aromatic rings. The fourth-order valence-corrected chi connectivity index (χ4v) is 2.37. The molecule has 0 bridgehead atoms. The van der Waals surface area contributed by atoms with Gasteiger partial charge in [0, 0.05) is 26.1 Å². The minimum absolute atomic E-state index is 0.0855. The van der Waals surface area contributed by atoms with E-state index in [0.29, 0.717) is 31.7 Å². The van der Waals surface area contributed by atoms with Crippen molar-refractivity contribution in [3.63, 3.8) is 0 Å². The van der Waals surface area contributed by atoms with Gasteiger partial charge in [0.1, 0.15) is 11.4 Å². The number of rotatable bonds is 5. The van der Waals surface area contributed by atoms with Crippen molar-refractivity contribution >= 4 is 5.97 Å². The Morgan fingerprint density at radius 1 is 1.62 bits per heavy atom. The van der Waals surface area contributed by atoms with Gasteiger partial charge in [0.25, 0.3) is 0 Å². The van der Waals surface area contributed by atoms with Gasteiger partial charge in [-0.1, -0.05) is 6.07 Å². The lowest BCUT2D eigenvalue weighted by molar-refractivity contribution is -0.0262. The maximum atomic E-state index is 13.8. The van der Waals surface area contributed by atoms with Gasteiger partial charge in [0.05, 0.1) is 18.8 Å². The molecule has 0 aromatic heterocycles. The van der Waals surface area contributed by atoms with Crippen molar-refractivity contribution in [1.29, 1.82) is 0 Å². The summed E-state index contributed by atoms with van der Waals surface area (Å²) in [5.41, 5.74) is -0.280. The number of carbonyl (C=O) groups is 1. The van der Waals surface area contributed by atoms with Crippen LogP contribution in [0, 0.1) is 5.82 Å². The highest BCUT2D eigenvalue weighted by atomic mass is 19.1. The summed E-state index contributed by atoms with van der Waals surface area (Å²) in [5, 5.41) is 13.4. The van der Waals surface area contributed by atoms with Crippen molar-refractivity contribution in [1.82, 2.24) is 5.32 Å². The largest absolute Gasteiger partial charge is 0.465 e. The van der Waals surface area contributed by atoms with E-state index in [9.17, 15) is 14.3 Å². The first kappa shape index (κ1) is 15.9. The predicted octanol–water partition coefficient (Wildman–Crippen LogP) is 1.24. The molecule has 0 saturated carbocycles. The average Bonchev–Trinajstić information content (AvgIpc) is 2.78. The van der Waals surface area contributed by atoms with Crippen LogP contribution in [0.4, 0.5) is 4.39 Å². The van der Waals surface area contributed by atoms with Gasteiger partial charge in [0.2, 0.25) is 0 Å². The first-order valence-corrected chi connectivity index (χ1v) is 6.88. The Bertz CT molecular complexity index is 522. The standard InChI is InChI=1S/C15H20FNO4/c1-10-15(19,5-6-21-10)9-17-8-11-3-4-12(13(16)7-11)14(18)20-2/h3-4,7,10,17,19H,5-6,8-9H2,1-2H3. The molecule has 2 rings (SSSR count). The molecule has 1 saturated heterocycles. The molecule has 2 atom stereocenters. The van der Waals surface area contributed by atoms with Gasteiger partial charge in [0.15, 0.2) is 0 Å². The summed E-state index contributed by atoms with van der Waals surface area (Å²) in [7, 11) is 1.21. The average molecular weight is 297 g/mol. The maximum Gasteiger partial charge on any atom is 0.340 e. The van der Waals surface area contributed by atoms with Crippen LogP contribution in [0.2, 0.25) is 0 Å². The van der Waals surface area contributed by atoms with Crippen LogP contribution >= 0.6 is 0 Å². The maximum absolute atomic E-state index is 13.8. The molecule has 0 aliphatic carbocycles. The third-order valence-electron chi connectivity index (χ3n) is 3.86. The highest BCUT2D eigenvalue weighted by molar-refractivity contribution is 5.89. The molecule has 1 heterocycles. The number of hydrogen-bond donors (Lipinski definition) is 2. The number of ether oxygens (including phenoxy) is 2. The fourth-order valence-electron chi connectivity index (χ4n) is 2.37. The van der Waals surface area contributed by atoms with Gasteiger partial charge in [-0.25, -0.2) is 9.18 Å². The molecule has 0 amide bonds. The molecule has 116 valence electrons. The second-order valence-electron chi connectivity index (χ2n) is 5.28. The predicted molar refractivity (Wildman–Crippen MR) is 74.4 cm³/mol. The van der Waals surface area contributed by atoms with Gasteiger partial charge >= 0.3 is 5.97 Å². The van der Waals surface area contributed by atoms with E-state index in [4.69, 9.17) is 4.74 Å². The van der Waals surface area contributed by atoms with Gasteiger partial charge in [-0.2, -0.15) is 0 Å². The Labute approximate surface area is 123 Å². The summed E-state index contributed by atoms with van der Waals surface area (Å²) in [6.45, 7) is 3.14. The Morgan fingerprint density at radius 3 is 2.95 bits per heavy atom. The van der Waals surface area contributed by atoms with Crippen LogP contribution < -0.4 is 5.32 Å². The molecular weight excluding hydrogens is 277 g/mol. The SMILES string of the molecule is COC(=O)c1ccc(CNCC2(O)CCOC2C)cc1F. The highest BCUT2D eigenvalue weighted by Gasteiger charge is 2.38. The monoisotopic (exact) mass is 297 g/mol. The molecule has 5 nitrogen and oxygen atoms in total. The van der Waals surface area contributed by atoms with E-state index in [1.165, 1.54) is 19.2 Å². The Morgan fingerprint density at radius 2 is 2.38 bits per heavy atom. The van der Waals surface area contributed by atoms with Crippen LogP contribution in [0.3, 0.4) is 0 Å². The molecule has 1 aromatic carbocycles. The molecule has 0 spiro atoms. The van der Waals surface area contributed by atoms with E-state index in [0.717, 1.165) is 0 Å². The van der Waals surface area contributed by atoms with Crippen LogP contribution in [0.5, 0.6) is 0 Å². The van der Waals surface area contributed by atoms with Crippen molar-refractivity contribution in [2.75, 3.05) is 20.3 Å². The zero-order valence-corrected chi connectivity index (χ0v) is 12.2. The van der Waals surface area contributed by atoms with E-state index >= 15 is 0 Å². The second-order valence-corrected chi connectivity index (χ2v) is 5.28. The van der Waals surface area contributed by atoms with Crippen LogP contribution in [0.1, 0.15) is 29.3 Å². The third kappa shape index (κ3) is 3.58. The lowest BCUT2D eigenvalue weighted by Crippen LogP contribution is -2.45. The molecule has 6 heteroatoms. The molecular formula is C15H20FNO4. The van der Waals surface area contributed by atoms with E-state index in [1.807, 2.05) is 6.92 Å². The van der Waals surface area contributed by atoms with Crippen molar-refractivity contribution in [2.24, 2.45) is 0 Å². The fraction of sp³-hybridized carbons (Fsp3) is 0.533. The van der Waals surface area contributed by atoms with E-state index in [-0.39, 0.29) is 11.7 Å². The van der Waals surface area contributed by atoms with Crippen molar-refractivity contribution in [3.05, 3.63) is 35.1 Å². The first-order valence-electron chi connectivity index (χ1n) is 6.88. The zero-order chi connectivity index (χ0) is 15.5. The number of methoxy groups -OCH3 is 1. The van der Waals surface area contributed by atoms with E-state index in [2.05, 4.69) is 10.1 Å². The summed E-state index contributed by atoms with van der Waals surface area (Å²) in [6.07, 6.45) is 0.361. The summed E-state index contributed by atoms with van der Waals surface area (Å²) in [6, 6.07) is 4.34. The van der Waals surface area contributed by atoms with Crippen molar-refractivity contribution in [2.45, 2.75) is 31.6 Å². The van der Waals surface area contributed by atoms with Gasteiger partial charge < -0.3 is 19.9 Å². The number of nitrogens with one attached hydrogen (secondary N) is 1. The third-order valence-corrected chi connectivity index (χ3v) is 3.86. The number of hydrogen-bond acceptors (Lipinski definition) is 5. The van der Waals surface area contributed by atoms with Crippen LogP contribution in [0.25, 0.3) is 0 Å². The normalized spacial score (nSPS) is 25.0. The topological polar surface area (TPSA) is 67.8 Å². The lowest BCUT2D eigenvalue weighted by atomic mass is 9.96. The summed E-state index contributed by atoms with van der Waals surface area (Å²) in [5.74, 6) is -1.31. The van der Waals surface area contributed by atoms with Gasteiger partial charge in [-0.05, 0) is 24.6 Å². The molecule has 2 unspecified atom stereocenters. The highest BCUT2D eigenvalue weighted by Crippen LogP contribution is 2.24. The van der Waals surface area contributed by atoms with Gasteiger partial charge in [-0.3, -0.25) is 0 Å². The number of esters is 1. The summed E-state index contributed by atoms with van der Waals surface area (Å²) in [4.78, 5) is 11.3. The van der Waals surface area contributed by atoms with Crippen LogP contribution in [-0.2, 0) is 16.0 Å². The minimum atomic E-state index is -0.884. The number of halogens is 1. The Hall–Kier alpha value is -1.50. The minimum Gasteiger partial charge on any atom is -0.465 e. The van der Waals surface area contributed by atoms with Crippen molar-refractivity contribution in [3.8, 4) is 0 Å². The van der Waals surface area contributed by atoms with E-state index < -0.39 is 17.4 Å². The first-order chi connectivity index (χ1) is 9.96. The molecule has 21 heavy (non-hydrogen) atoms. The second kappa shape index (κ2) is 6.51. The Kier molecular flexibility index (Phi) is 4.92.